The van der Waals surface area contributed by atoms with Crippen LogP contribution in [0.1, 0.15) is 5.76 Å². The van der Waals surface area contributed by atoms with Gasteiger partial charge in [-0.2, -0.15) is 13.2 Å². The van der Waals surface area contributed by atoms with Gasteiger partial charge in [0.2, 0.25) is 11.1 Å². The molecule has 1 aromatic heterocycles. The average Bonchev–Trinajstić information content (AvgIpc) is 1.86. The van der Waals surface area contributed by atoms with E-state index in [2.05, 4.69) is 4.42 Å². The second-order valence-electron chi connectivity index (χ2n) is 1.93. The van der Waals surface area contributed by atoms with Crippen molar-refractivity contribution in [3.8, 4) is 0 Å². The van der Waals surface area contributed by atoms with Crippen molar-refractivity contribution in [2.45, 2.75) is 6.18 Å². The molecule has 0 atom stereocenters. The summed E-state index contributed by atoms with van der Waals surface area (Å²) in [5, 5.41) is 5.13. The molecule has 0 unspecified atom stereocenters. The minimum absolute atomic E-state index is 0. The quantitative estimate of drug-likeness (QED) is 0.474. The van der Waals surface area contributed by atoms with Gasteiger partial charge < -0.3 is 16.8 Å². The minimum Gasteiger partial charge on any atom is -1.00 e. The fraction of sp³-hybridized carbons (Fsp3) is 0.167. The van der Waals surface area contributed by atoms with E-state index in [1.807, 2.05) is 0 Å². The van der Waals surface area contributed by atoms with Crippen LogP contribution in [0.15, 0.2) is 22.8 Å². The molecule has 0 bridgehead atoms. The zero-order chi connectivity index (χ0) is 8.48. The van der Waals surface area contributed by atoms with Gasteiger partial charge in [-0.05, 0) is 0 Å². The lowest BCUT2D eigenvalue weighted by Crippen LogP contribution is -3.00. The average molecular weight is 200 g/mol. The molecule has 2 N–H and O–H groups in total. The van der Waals surface area contributed by atoms with Gasteiger partial charge in [0.1, 0.15) is 0 Å². The number of hydrogen-bond donors (Lipinski definition) is 1. The molecule has 12 heavy (non-hydrogen) atoms. The van der Waals surface area contributed by atoms with E-state index in [0.29, 0.717) is 0 Å². The van der Waals surface area contributed by atoms with Gasteiger partial charge in [-0.1, -0.05) is 0 Å². The Bertz CT molecular complexity index is 306. The lowest BCUT2D eigenvalue weighted by Gasteiger charge is -2.01. The fourth-order valence-electron chi connectivity index (χ4n) is 0.568. The molecule has 2 nitrogen and oxygen atoms in total. The molecular formula is C6H5ClF3NO. The number of halogens is 4. The molecule has 0 spiro atoms. The molecule has 0 aliphatic heterocycles. The van der Waals surface area contributed by atoms with E-state index in [1.54, 1.807) is 0 Å². The molecule has 0 saturated heterocycles. The molecule has 0 aliphatic carbocycles. The highest BCUT2D eigenvalue weighted by atomic mass is 35.5. The molecule has 6 heteroatoms. The molecule has 0 saturated carbocycles. The summed E-state index contributed by atoms with van der Waals surface area (Å²) in [5.74, 6) is -1.09. The number of hydrogen-bond acceptors (Lipinski definition) is 1. The van der Waals surface area contributed by atoms with E-state index in [-0.39, 0.29) is 17.8 Å². The van der Waals surface area contributed by atoms with Crippen LogP contribution in [0.3, 0.4) is 0 Å². The van der Waals surface area contributed by atoms with E-state index in [0.717, 1.165) is 12.3 Å². The minimum atomic E-state index is -4.46. The SMILES string of the molecule is [Cl-].[NH2+]=c1ccoc(C(F)(F)F)c1. The van der Waals surface area contributed by atoms with Crippen LogP contribution >= 0.6 is 0 Å². The number of rotatable bonds is 0. The largest absolute Gasteiger partial charge is 1.00 e. The molecule has 0 amide bonds. The van der Waals surface area contributed by atoms with Gasteiger partial charge >= 0.3 is 6.18 Å². The van der Waals surface area contributed by atoms with Gasteiger partial charge in [-0.15, -0.1) is 0 Å². The first-order chi connectivity index (χ1) is 5.00. The highest BCUT2D eigenvalue weighted by Gasteiger charge is 2.34. The molecule has 0 aromatic carbocycles. The van der Waals surface area contributed by atoms with Crippen LogP contribution in [0.5, 0.6) is 0 Å². The Morgan fingerprint density at radius 1 is 1.33 bits per heavy atom. The van der Waals surface area contributed by atoms with Crippen LogP contribution in [0.4, 0.5) is 13.2 Å². The van der Waals surface area contributed by atoms with Crippen molar-refractivity contribution >= 4 is 0 Å². The summed E-state index contributed by atoms with van der Waals surface area (Å²) in [6, 6.07) is 1.98. The maximum atomic E-state index is 11.8. The van der Waals surface area contributed by atoms with Gasteiger partial charge in [-0.25, -0.2) is 0 Å². The molecule has 1 heterocycles. The van der Waals surface area contributed by atoms with Crippen LogP contribution in [-0.2, 0) is 6.18 Å². The number of alkyl halides is 3. The summed E-state index contributed by atoms with van der Waals surface area (Å²) in [6.45, 7) is 0. The zero-order valence-electron chi connectivity index (χ0n) is 5.73. The van der Waals surface area contributed by atoms with Crippen molar-refractivity contribution in [2.24, 2.45) is 0 Å². The summed E-state index contributed by atoms with van der Waals surface area (Å²) in [6.07, 6.45) is -3.56. The monoisotopic (exact) mass is 199 g/mol. The normalized spacial score (nSPS) is 10.6. The Morgan fingerprint density at radius 3 is 2.25 bits per heavy atom. The van der Waals surface area contributed by atoms with Crippen LogP contribution in [0, 0.1) is 0 Å². The molecular weight excluding hydrogens is 195 g/mol. The Balaban J connectivity index is 0.00000121. The standard InChI is InChI=1S/C6H4F3NO.ClH/c7-6(8,9)5-3-4(10)1-2-11-5;/h1-3,10H;1H. The summed E-state index contributed by atoms with van der Waals surface area (Å²) < 4.78 is 39.6. The van der Waals surface area contributed by atoms with Crippen molar-refractivity contribution in [1.82, 2.24) is 0 Å². The third-order valence-corrected chi connectivity index (χ3v) is 1.03. The van der Waals surface area contributed by atoms with Crippen molar-refractivity contribution in [3.63, 3.8) is 0 Å². The van der Waals surface area contributed by atoms with E-state index in [9.17, 15) is 13.2 Å². The molecule has 0 radical (unpaired) electrons. The Morgan fingerprint density at radius 2 is 1.92 bits per heavy atom. The fourth-order valence-corrected chi connectivity index (χ4v) is 0.568. The summed E-state index contributed by atoms with van der Waals surface area (Å²) in [4.78, 5) is 0. The van der Waals surface area contributed by atoms with Crippen LogP contribution in [-0.4, -0.2) is 0 Å². The van der Waals surface area contributed by atoms with Gasteiger partial charge in [0.05, 0.1) is 12.3 Å². The second kappa shape index (κ2) is 3.62. The highest BCUT2D eigenvalue weighted by molar-refractivity contribution is 5.00. The highest BCUT2D eigenvalue weighted by Crippen LogP contribution is 2.27. The maximum Gasteiger partial charge on any atom is 0.449 e. The molecule has 0 fully saturated rings. The lowest BCUT2D eigenvalue weighted by molar-refractivity contribution is -0.177. The van der Waals surface area contributed by atoms with Gasteiger partial charge in [0.15, 0.2) is 0 Å². The third kappa shape index (κ3) is 2.58. The maximum absolute atomic E-state index is 11.8. The Hall–Kier alpha value is -0.970. The van der Waals surface area contributed by atoms with Crippen molar-refractivity contribution in [2.75, 3.05) is 0 Å². The smallest absolute Gasteiger partial charge is 0.449 e. The summed E-state index contributed by atoms with van der Waals surface area (Å²) in [5.41, 5.74) is 0. The third-order valence-electron chi connectivity index (χ3n) is 1.03. The first-order valence-electron chi connectivity index (χ1n) is 2.74. The van der Waals surface area contributed by atoms with Crippen LogP contribution in [0.2, 0.25) is 0 Å². The summed E-state index contributed by atoms with van der Waals surface area (Å²) in [7, 11) is 0. The van der Waals surface area contributed by atoms with Crippen LogP contribution < -0.4 is 23.2 Å². The Kier molecular flexibility index (Phi) is 3.33. The second-order valence-corrected chi connectivity index (χ2v) is 1.93. The van der Waals surface area contributed by atoms with E-state index < -0.39 is 11.9 Å². The molecule has 1 rings (SSSR count). The summed E-state index contributed by atoms with van der Waals surface area (Å²) >= 11 is 0. The first-order valence-corrected chi connectivity index (χ1v) is 2.74. The number of nitrogens with two attached hydrogens (primary N) is 1. The molecule has 1 aromatic rings. The Labute approximate surface area is 71.9 Å². The van der Waals surface area contributed by atoms with Crippen molar-refractivity contribution < 1.29 is 35.4 Å². The lowest BCUT2D eigenvalue weighted by atomic mass is 10.4. The zero-order valence-corrected chi connectivity index (χ0v) is 6.49. The van der Waals surface area contributed by atoms with E-state index in [4.69, 9.17) is 5.41 Å². The predicted octanol–water partition coefficient (Wildman–Crippen LogP) is -3.04. The van der Waals surface area contributed by atoms with E-state index >= 15 is 0 Å². The molecule has 68 valence electrons. The van der Waals surface area contributed by atoms with Gasteiger partial charge in [0.25, 0.3) is 0 Å². The van der Waals surface area contributed by atoms with Gasteiger partial charge in [-0.3, -0.25) is 5.41 Å². The van der Waals surface area contributed by atoms with E-state index in [1.165, 1.54) is 6.07 Å². The molecule has 0 aliphatic rings. The predicted molar refractivity (Wildman–Crippen MR) is 28.8 cm³/mol. The topological polar surface area (TPSA) is 38.7 Å². The van der Waals surface area contributed by atoms with Crippen molar-refractivity contribution in [3.05, 3.63) is 29.5 Å². The van der Waals surface area contributed by atoms with Crippen molar-refractivity contribution in [1.29, 1.82) is 0 Å². The van der Waals surface area contributed by atoms with Gasteiger partial charge in [0, 0.05) is 6.07 Å². The first kappa shape index (κ1) is 11.0. The van der Waals surface area contributed by atoms with Crippen LogP contribution in [0.25, 0.3) is 0 Å².